The van der Waals surface area contributed by atoms with Crippen LogP contribution in [0.25, 0.3) is 0 Å². The molecule has 112 valence electrons. The van der Waals surface area contributed by atoms with Crippen molar-refractivity contribution >= 4 is 10.0 Å². The van der Waals surface area contributed by atoms with Crippen molar-refractivity contribution < 1.29 is 12.8 Å². The molecule has 0 unspecified atom stereocenters. The highest BCUT2D eigenvalue weighted by Gasteiger charge is 2.17. The molecule has 0 saturated heterocycles. The van der Waals surface area contributed by atoms with Crippen LogP contribution < -0.4 is 10.5 Å². The van der Waals surface area contributed by atoms with Crippen LogP contribution in [0.4, 0.5) is 4.39 Å². The van der Waals surface area contributed by atoms with Crippen LogP contribution in [0, 0.1) is 12.7 Å². The summed E-state index contributed by atoms with van der Waals surface area (Å²) in [5.41, 5.74) is 7.30. The number of nitrogens with one attached hydrogen (secondary N) is 1. The van der Waals surface area contributed by atoms with Gasteiger partial charge in [-0.2, -0.15) is 0 Å². The van der Waals surface area contributed by atoms with Gasteiger partial charge in [0.25, 0.3) is 0 Å². The van der Waals surface area contributed by atoms with Gasteiger partial charge in [-0.15, -0.1) is 0 Å². The third-order valence-electron chi connectivity index (χ3n) is 3.18. The maximum absolute atomic E-state index is 13.5. The fourth-order valence-electron chi connectivity index (χ4n) is 2.03. The zero-order valence-electron chi connectivity index (χ0n) is 11.6. The lowest BCUT2D eigenvalue weighted by Crippen LogP contribution is -2.24. The molecule has 2 aromatic carbocycles. The number of sulfonamides is 1. The Morgan fingerprint density at radius 3 is 2.52 bits per heavy atom. The molecular formula is C15H17FN2O2S. The normalized spacial score (nSPS) is 11.6. The summed E-state index contributed by atoms with van der Waals surface area (Å²) < 4.78 is 40.5. The van der Waals surface area contributed by atoms with E-state index in [1.807, 2.05) is 0 Å². The molecule has 0 amide bonds. The summed E-state index contributed by atoms with van der Waals surface area (Å²) in [6.07, 6.45) is 0. The first kappa shape index (κ1) is 15.6. The number of benzene rings is 2. The third-order valence-corrected chi connectivity index (χ3v) is 4.74. The van der Waals surface area contributed by atoms with Crippen molar-refractivity contribution in [2.75, 3.05) is 0 Å². The second kappa shape index (κ2) is 6.34. The van der Waals surface area contributed by atoms with Gasteiger partial charge in [0.2, 0.25) is 10.0 Å². The van der Waals surface area contributed by atoms with Crippen LogP contribution in [0.5, 0.6) is 0 Å². The van der Waals surface area contributed by atoms with Crippen LogP contribution in [0.2, 0.25) is 0 Å². The standard InChI is InChI=1S/C15H17FN2O2S/c1-11-8-12(9-17)6-7-15(11)21(19,20)18-10-13-4-2-3-5-14(13)16/h2-8,18H,9-10,17H2,1H3. The zero-order chi connectivity index (χ0) is 15.5. The summed E-state index contributed by atoms with van der Waals surface area (Å²) in [4.78, 5) is 0.177. The van der Waals surface area contributed by atoms with E-state index in [0.717, 1.165) is 5.56 Å². The molecule has 0 radical (unpaired) electrons. The maximum Gasteiger partial charge on any atom is 0.241 e. The second-order valence-corrected chi connectivity index (χ2v) is 6.46. The lowest BCUT2D eigenvalue weighted by molar-refractivity contribution is 0.574. The van der Waals surface area contributed by atoms with Crippen LogP contribution in [0.15, 0.2) is 47.4 Å². The first-order valence-electron chi connectivity index (χ1n) is 6.46. The van der Waals surface area contributed by atoms with E-state index in [-0.39, 0.29) is 11.4 Å². The minimum Gasteiger partial charge on any atom is -0.326 e. The van der Waals surface area contributed by atoms with Crippen LogP contribution >= 0.6 is 0 Å². The smallest absolute Gasteiger partial charge is 0.241 e. The number of hydrogen-bond donors (Lipinski definition) is 2. The highest BCUT2D eigenvalue weighted by Crippen LogP contribution is 2.17. The maximum atomic E-state index is 13.5. The quantitative estimate of drug-likeness (QED) is 0.888. The van der Waals surface area contributed by atoms with Crippen LogP contribution in [-0.4, -0.2) is 8.42 Å². The van der Waals surface area contributed by atoms with Crippen molar-refractivity contribution in [2.45, 2.75) is 24.9 Å². The summed E-state index contributed by atoms with van der Waals surface area (Å²) in [6, 6.07) is 11.0. The van der Waals surface area contributed by atoms with E-state index in [1.165, 1.54) is 12.1 Å². The molecule has 0 aliphatic rings. The fourth-order valence-corrected chi connectivity index (χ4v) is 3.26. The Morgan fingerprint density at radius 1 is 1.19 bits per heavy atom. The van der Waals surface area contributed by atoms with Crippen molar-refractivity contribution in [3.63, 3.8) is 0 Å². The molecule has 0 heterocycles. The van der Waals surface area contributed by atoms with Gasteiger partial charge in [0.05, 0.1) is 4.90 Å². The van der Waals surface area contributed by atoms with E-state index < -0.39 is 15.8 Å². The number of hydrogen-bond acceptors (Lipinski definition) is 3. The molecule has 2 rings (SSSR count). The van der Waals surface area contributed by atoms with Gasteiger partial charge in [-0.25, -0.2) is 17.5 Å². The number of aryl methyl sites for hydroxylation is 1. The molecule has 4 nitrogen and oxygen atoms in total. The number of halogens is 1. The number of rotatable bonds is 5. The predicted octanol–water partition coefficient (Wildman–Crippen LogP) is 2.07. The minimum absolute atomic E-state index is 0.0902. The molecule has 0 aliphatic heterocycles. The summed E-state index contributed by atoms with van der Waals surface area (Å²) in [6.45, 7) is 1.97. The van der Waals surface area contributed by atoms with E-state index >= 15 is 0 Å². The van der Waals surface area contributed by atoms with Crippen LogP contribution in [0.3, 0.4) is 0 Å². The molecule has 0 atom stereocenters. The minimum atomic E-state index is -3.69. The van der Waals surface area contributed by atoms with Crippen molar-refractivity contribution in [1.29, 1.82) is 0 Å². The lowest BCUT2D eigenvalue weighted by atomic mass is 10.1. The third kappa shape index (κ3) is 3.66. The Kier molecular flexibility index (Phi) is 4.72. The lowest BCUT2D eigenvalue weighted by Gasteiger charge is -2.11. The molecule has 0 fully saturated rings. The summed E-state index contributed by atoms with van der Waals surface area (Å²) in [5.74, 6) is -0.435. The van der Waals surface area contributed by atoms with Crippen molar-refractivity contribution in [2.24, 2.45) is 5.73 Å². The largest absolute Gasteiger partial charge is 0.326 e. The Bertz CT molecular complexity index is 745. The summed E-state index contributed by atoms with van der Waals surface area (Å²) in [5, 5.41) is 0. The average Bonchev–Trinajstić information content (AvgIpc) is 2.46. The van der Waals surface area contributed by atoms with Crippen LogP contribution in [0.1, 0.15) is 16.7 Å². The van der Waals surface area contributed by atoms with E-state index in [4.69, 9.17) is 5.73 Å². The number of nitrogens with two attached hydrogens (primary N) is 1. The first-order valence-corrected chi connectivity index (χ1v) is 7.95. The molecule has 0 aliphatic carbocycles. The zero-order valence-corrected chi connectivity index (χ0v) is 12.5. The highest BCUT2D eigenvalue weighted by molar-refractivity contribution is 7.89. The fraction of sp³-hybridized carbons (Fsp3) is 0.200. The summed E-state index contributed by atoms with van der Waals surface area (Å²) in [7, 11) is -3.69. The molecule has 21 heavy (non-hydrogen) atoms. The van der Waals surface area contributed by atoms with Crippen LogP contribution in [-0.2, 0) is 23.1 Å². The predicted molar refractivity (Wildman–Crippen MR) is 79.5 cm³/mol. The van der Waals surface area contributed by atoms with Gasteiger partial charge in [-0.3, -0.25) is 0 Å². The Labute approximate surface area is 123 Å². The van der Waals surface area contributed by atoms with Gasteiger partial charge in [0, 0.05) is 18.7 Å². The molecule has 0 spiro atoms. The molecule has 0 bridgehead atoms. The molecular weight excluding hydrogens is 291 g/mol. The van der Waals surface area contributed by atoms with Gasteiger partial charge >= 0.3 is 0 Å². The molecule has 6 heteroatoms. The first-order chi connectivity index (χ1) is 9.94. The van der Waals surface area contributed by atoms with Crippen molar-refractivity contribution in [3.05, 3.63) is 65.0 Å². The molecule has 0 aromatic heterocycles. The van der Waals surface area contributed by atoms with Gasteiger partial charge in [-0.05, 0) is 30.2 Å². The van der Waals surface area contributed by atoms with Crippen molar-refractivity contribution in [1.82, 2.24) is 4.72 Å². The molecule has 3 N–H and O–H groups in total. The molecule has 0 saturated carbocycles. The summed E-state index contributed by atoms with van der Waals surface area (Å²) >= 11 is 0. The molecule has 2 aromatic rings. The van der Waals surface area contributed by atoms with E-state index in [9.17, 15) is 12.8 Å². The Morgan fingerprint density at radius 2 is 1.90 bits per heavy atom. The van der Waals surface area contributed by atoms with Crippen molar-refractivity contribution in [3.8, 4) is 0 Å². The topological polar surface area (TPSA) is 72.2 Å². The Hall–Kier alpha value is -1.76. The SMILES string of the molecule is Cc1cc(CN)ccc1S(=O)(=O)NCc1ccccc1F. The Balaban J connectivity index is 2.21. The van der Waals surface area contributed by atoms with Gasteiger partial charge < -0.3 is 5.73 Å². The van der Waals surface area contributed by atoms with E-state index in [2.05, 4.69) is 4.72 Å². The monoisotopic (exact) mass is 308 g/mol. The van der Waals surface area contributed by atoms with Gasteiger partial charge in [-0.1, -0.05) is 30.3 Å². The van der Waals surface area contributed by atoms with E-state index in [0.29, 0.717) is 17.7 Å². The van der Waals surface area contributed by atoms with E-state index in [1.54, 1.807) is 37.3 Å². The van der Waals surface area contributed by atoms with Gasteiger partial charge in [0.1, 0.15) is 5.82 Å². The second-order valence-electron chi connectivity index (χ2n) is 4.72. The highest BCUT2D eigenvalue weighted by atomic mass is 32.2. The average molecular weight is 308 g/mol. The van der Waals surface area contributed by atoms with Gasteiger partial charge in [0.15, 0.2) is 0 Å².